The molecule has 1 rings (SSSR count). The van der Waals surface area contributed by atoms with E-state index in [1.54, 1.807) is 18.2 Å². The van der Waals surface area contributed by atoms with Crippen LogP contribution in [0, 0.1) is 0 Å². The first-order chi connectivity index (χ1) is 6.24. The summed E-state index contributed by atoms with van der Waals surface area (Å²) < 4.78 is 5.20. The van der Waals surface area contributed by atoms with E-state index in [0.717, 1.165) is 5.56 Å². The molecule has 0 saturated carbocycles. The monoisotopic (exact) mass is 198 g/mol. The third-order valence-electron chi connectivity index (χ3n) is 1.63. The van der Waals surface area contributed by atoms with Gasteiger partial charge in [-0.05, 0) is 30.2 Å². The molecular formula is C10H11ClO2. The van der Waals surface area contributed by atoms with E-state index in [1.807, 2.05) is 13.0 Å². The number of benzene rings is 1. The molecule has 0 spiro atoms. The van der Waals surface area contributed by atoms with Crippen LogP contribution in [0.25, 0.3) is 0 Å². The van der Waals surface area contributed by atoms with Crippen molar-refractivity contribution in [3.8, 4) is 0 Å². The van der Waals surface area contributed by atoms with Gasteiger partial charge in [0.1, 0.15) is 0 Å². The van der Waals surface area contributed by atoms with Gasteiger partial charge in [0.05, 0.1) is 6.61 Å². The van der Waals surface area contributed by atoms with Gasteiger partial charge in [-0.1, -0.05) is 18.2 Å². The second-order valence-corrected chi connectivity index (χ2v) is 2.95. The van der Waals surface area contributed by atoms with Crippen LogP contribution in [0.5, 0.6) is 0 Å². The van der Waals surface area contributed by atoms with Crippen molar-refractivity contribution in [2.75, 3.05) is 6.61 Å². The lowest BCUT2D eigenvalue weighted by atomic mass is 10.1. The van der Waals surface area contributed by atoms with Crippen molar-refractivity contribution in [1.29, 1.82) is 0 Å². The zero-order chi connectivity index (χ0) is 9.68. The highest BCUT2D eigenvalue weighted by Gasteiger charge is 2.01. The van der Waals surface area contributed by atoms with E-state index in [0.29, 0.717) is 18.8 Å². The van der Waals surface area contributed by atoms with Gasteiger partial charge in [0, 0.05) is 12.2 Å². The number of carbonyl (C=O) groups is 1. The average Bonchev–Trinajstić information content (AvgIpc) is 2.15. The first-order valence-corrected chi connectivity index (χ1v) is 4.48. The lowest BCUT2D eigenvalue weighted by molar-refractivity contribution is 0.108. The van der Waals surface area contributed by atoms with Crippen LogP contribution in [0.15, 0.2) is 24.3 Å². The Bertz CT molecular complexity index is 297. The van der Waals surface area contributed by atoms with Gasteiger partial charge >= 0.3 is 0 Å². The van der Waals surface area contributed by atoms with Crippen LogP contribution in [0.1, 0.15) is 22.8 Å². The Morgan fingerprint density at radius 1 is 1.54 bits per heavy atom. The molecule has 0 fully saturated rings. The van der Waals surface area contributed by atoms with Gasteiger partial charge in [-0.25, -0.2) is 0 Å². The van der Waals surface area contributed by atoms with Crippen LogP contribution in [0.3, 0.4) is 0 Å². The highest BCUT2D eigenvalue weighted by Crippen LogP contribution is 2.08. The molecule has 0 unspecified atom stereocenters. The van der Waals surface area contributed by atoms with Crippen molar-refractivity contribution in [2.45, 2.75) is 13.5 Å². The van der Waals surface area contributed by atoms with Crippen molar-refractivity contribution < 1.29 is 9.53 Å². The maximum atomic E-state index is 10.8. The highest BCUT2D eigenvalue weighted by molar-refractivity contribution is 6.67. The second-order valence-electron chi connectivity index (χ2n) is 2.61. The molecule has 0 saturated heterocycles. The van der Waals surface area contributed by atoms with Gasteiger partial charge < -0.3 is 4.74 Å². The Morgan fingerprint density at radius 2 is 2.31 bits per heavy atom. The predicted molar refractivity (Wildman–Crippen MR) is 52.0 cm³/mol. The van der Waals surface area contributed by atoms with Crippen LogP contribution in [0.4, 0.5) is 0 Å². The summed E-state index contributed by atoms with van der Waals surface area (Å²) in [5, 5.41) is -0.432. The lowest BCUT2D eigenvalue weighted by Crippen LogP contribution is -1.94. The van der Waals surface area contributed by atoms with E-state index in [2.05, 4.69) is 0 Å². The Morgan fingerprint density at radius 3 is 2.92 bits per heavy atom. The fraction of sp³-hybridized carbons (Fsp3) is 0.300. The minimum atomic E-state index is -0.432. The van der Waals surface area contributed by atoms with Gasteiger partial charge in [0.25, 0.3) is 5.24 Å². The molecule has 3 heteroatoms. The van der Waals surface area contributed by atoms with Gasteiger partial charge in [0.15, 0.2) is 0 Å². The highest BCUT2D eigenvalue weighted by atomic mass is 35.5. The van der Waals surface area contributed by atoms with Gasteiger partial charge in [0.2, 0.25) is 0 Å². The molecule has 0 aliphatic rings. The third kappa shape index (κ3) is 3.17. The smallest absolute Gasteiger partial charge is 0.252 e. The summed E-state index contributed by atoms with van der Waals surface area (Å²) in [4.78, 5) is 10.8. The molecule has 0 aliphatic heterocycles. The lowest BCUT2D eigenvalue weighted by Gasteiger charge is -2.02. The number of hydrogen-bond donors (Lipinski definition) is 0. The van der Waals surface area contributed by atoms with Crippen molar-refractivity contribution in [3.05, 3.63) is 35.4 Å². The number of halogens is 1. The molecular weight excluding hydrogens is 188 g/mol. The van der Waals surface area contributed by atoms with E-state index < -0.39 is 5.24 Å². The fourth-order valence-electron chi connectivity index (χ4n) is 1.00. The van der Waals surface area contributed by atoms with Gasteiger partial charge in [-0.15, -0.1) is 0 Å². The van der Waals surface area contributed by atoms with E-state index >= 15 is 0 Å². The van der Waals surface area contributed by atoms with E-state index in [9.17, 15) is 4.79 Å². The molecule has 0 aliphatic carbocycles. The molecule has 0 radical (unpaired) electrons. The van der Waals surface area contributed by atoms with Crippen molar-refractivity contribution in [3.63, 3.8) is 0 Å². The quantitative estimate of drug-likeness (QED) is 0.696. The Hall–Kier alpha value is -0.860. The maximum absolute atomic E-state index is 10.8. The summed E-state index contributed by atoms with van der Waals surface area (Å²) in [6.07, 6.45) is 0. The molecule has 1 aromatic carbocycles. The number of hydrogen-bond acceptors (Lipinski definition) is 2. The molecule has 0 heterocycles. The number of rotatable bonds is 4. The minimum absolute atomic E-state index is 0.432. The minimum Gasteiger partial charge on any atom is -0.377 e. The zero-order valence-corrected chi connectivity index (χ0v) is 8.17. The van der Waals surface area contributed by atoms with Crippen molar-refractivity contribution in [1.82, 2.24) is 0 Å². The Balaban J connectivity index is 2.73. The Labute approximate surface area is 82.5 Å². The fourth-order valence-corrected chi connectivity index (χ4v) is 1.12. The van der Waals surface area contributed by atoms with Crippen LogP contribution < -0.4 is 0 Å². The number of ether oxygens (including phenoxy) is 1. The SMILES string of the molecule is CCOCc1cccc(C(=O)Cl)c1. The third-order valence-corrected chi connectivity index (χ3v) is 1.85. The number of carbonyl (C=O) groups excluding carboxylic acids is 1. The normalized spacial score (nSPS) is 10.0. The molecule has 2 nitrogen and oxygen atoms in total. The van der Waals surface area contributed by atoms with Crippen LogP contribution in [-0.4, -0.2) is 11.8 Å². The summed E-state index contributed by atoms with van der Waals surface area (Å²) >= 11 is 5.33. The molecule has 70 valence electrons. The zero-order valence-electron chi connectivity index (χ0n) is 7.42. The molecule has 0 bridgehead atoms. The average molecular weight is 199 g/mol. The van der Waals surface area contributed by atoms with E-state index in [1.165, 1.54) is 0 Å². The summed E-state index contributed by atoms with van der Waals surface area (Å²) in [6, 6.07) is 7.12. The van der Waals surface area contributed by atoms with Crippen molar-refractivity contribution in [2.24, 2.45) is 0 Å². The second kappa shape index (κ2) is 5.00. The molecule has 0 N–H and O–H groups in total. The van der Waals surface area contributed by atoms with Gasteiger partial charge in [-0.3, -0.25) is 4.79 Å². The molecule has 0 aromatic heterocycles. The van der Waals surface area contributed by atoms with Crippen molar-refractivity contribution >= 4 is 16.8 Å². The first-order valence-electron chi connectivity index (χ1n) is 4.10. The first kappa shape index (κ1) is 10.2. The van der Waals surface area contributed by atoms with E-state index in [-0.39, 0.29) is 0 Å². The van der Waals surface area contributed by atoms with E-state index in [4.69, 9.17) is 16.3 Å². The topological polar surface area (TPSA) is 26.3 Å². The molecule has 1 aromatic rings. The summed E-state index contributed by atoms with van der Waals surface area (Å²) in [7, 11) is 0. The van der Waals surface area contributed by atoms with Gasteiger partial charge in [-0.2, -0.15) is 0 Å². The largest absolute Gasteiger partial charge is 0.377 e. The molecule has 13 heavy (non-hydrogen) atoms. The summed E-state index contributed by atoms with van der Waals surface area (Å²) in [5.41, 5.74) is 1.48. The summed E-state index contributed by atoms with van der Waals surface area (Å²) in [5.74, 6) is 0. The maximum Gasteiger partial charge on any atom is 0.252 e. The van der Waals surface area contributed by atoms with Crippen LogP contribution >= 0.6 is 11.6 Å². The van der Waals surface area contributed by atoms with Crippen LogP contribution in [-0.2, 0) is 11.3 Å². The summed E-state index contributed by atoms with van der Waals surface area (Å²) in [6.45, 7) is 3.12. The predicted octanol–water partition coefficient (Wildman–Crippen LogP) is 2.60. The van der Waals surface area contributed by atoms with Crippen LogP contribution in [0.2, 0.25) is 0 Å². The molecule has 0 atom stereocenters. The molecule has 0 amide bonds. The Kier molecular flexibility index (Phi) is 3.93. The standard InChI is InChI=1S/C10H11ClO2/c1-2-13-7-8-4-3-5-9(6-8)10(11)12/h3-6H,2,7H2,1H3.